The molecule has 0 radical (unpaired) electrons. The van der Waals surface area contributed by atoms with Crippen molar-refractivity contribution >= 4 is 0 Å². The lowest BCUT2D eigenvalue weighted by Crippen LogP contribution is -2.70. The summed E-state index contributed by atoms with van der Waals surface area (Å²) in [5.41, 5.74) is -2.30. The highest BCUT2D eigenvalue weighted by Gasteiger charge is 2.72. The third-order valence-electron chi connectivity index (χ3n) is 21.6. The Balaban J connectivity index is 0.972. The van der Waals surface area contributed by atoms with Crippen LogP contribution in [0.4, 0.5) is 0 Å². The maximum absolute atomic E-state index is 12.8. The Morgan fingerprint density at radius 2 is 0.949 bits per heavy atom. The lowest BCUT2D eigenvalue weighted by atomic mass is 9.33. The second-order valence-corrected chi connectivity index (χ2v) is 26.6. The monoisotopic (exact) mass is 1120 g/mol. The Morgan fingerprint density at radius 1 is 0.487 bits per heavy atom. The van der Waals surface area contributed by atoms with Crippen molar-refractivity contribution in [1.82, 2.24) is 0 Å². The summed E-state index contributed by atoms with van der Waals surface area (Å²) in [7, 11) is 0. The molecule has 16 N–H and O–H groups in total. The van der Waals surface area contributed by atoms with Gasteiger partial charge in [0.15, 0.2) is 25.2 Å². The van der Waals surface area contributed by atoms with Gasteiger partial charge in [0.1, 0.15) is 97.7 Å². The summed E-state index contributed by atoms with van der Waals surface area (Å²) in [6.07, 6.45) is -29.3. The molecule has 450 valence electrons. The number of hydrogen-bond donors (Lipinski definition) is 16. The van der Waals surface area contributed by atoms with E-state index in [1.807, 2.05) is 0 Å². The van der Waals surface area contributed by atoms with E-state index in [0.717, 1.165) is 18.4 Å². The van der Waals surface area contributed by atoms with Crippen LogP contribution in [-0.2, 0) is 37.9 Å². The van der Waals surface area contributed by atoms with E-state index in [9.17, 15) is 81.7 Å². The summed E-state index contributed by atoms with van der Waals surface area (Å²) in [5.74, 6) is -0.257. The second kappa shape index (κ2) is 22.3. The van der Waals surface area contributed by atoms with Gasteiger partial charge in [-0.3, -0.25) is 0 Å². The lowest BCUT2D eigenvalue weighted by Gasteiger charge is -2.72. The van der Waals surface area contributed by atoms with Crippen molar-refractivity contribution in [1.29, 1.82) is 0 Å². The van der Waals surface area contributed by atoms with Crippen LogP contribution < -0.4 is 0 Å². The number of allylic oxidation sites excluding steroid dienone is 2. The summed E-state index contributed by atoms with van der Waals surface area (Å²) < 4.78 is 48.7. The molecule has 30 atom stereocenters. The maximum Gasteiger partial charge on any atom is 0.187 e. The fourth-order valence-electron chi connectivity index (χ4n) is 16.8. The molecule has 8 fully saturated rings. The molecule has 4 saturated carbocycles. The van der Waals surface area contributed by atoms with Gasteiger partial charge in [-0.15, -0.1) is 0 Å². The Labute approximate surface area is 454 Å². The van der Waals surface area contributed by atoms with Crippen LogP contribution in [0.25, 0.3) is 0 Å². The van der Waals surface area contributed by atoms with Gasteiger partial charge in [-0.1, -0.05) is 60.1 Å². The molecule has 0 aromatic rings. The minimum atomic E-state index is -1.95. The number of ether oxygens (including phenoxy) is 8. The molecule has 4 aliphatic heterocycles. The molecule has 0 bridgehead atoms. The van der Waals surface area contributed by atoms with Gasteiger partial charge in [0, 0.05) is 0 Å². The first-order valence-corrected chi connectivity index (χ1v) is 28.0. The SMILES string of the molecule is CC1(C)CC(O)C2(COC3OC(CO)C(O)C(O)C3O)C(O)CC3(C)C(=CCC4C5(C)CCC(OC6OC(CO)C(O)C(O)C6OC6OC(CO)C(O)C(O)C6OC6OC(CO)C(O)C(O)C6O)C(C)(C)C5CCC43C)C2C1. The normalized spacial score (nSPS) is 54.9. The van der Waals surface area contributed by atoms with Crippen LogP contribution in [0.2, 0.25) is 0 Å². The molecule has 30 unspecified atom stereocenters. The van der Waals surface area contributed by atoms with Crippen LogP contribution in [-0.4, -0.2) is 256 Å². The minimum Gasteiger partial charge on any atom is -0.394 e. The molecule has 24 heteroatoms. The van der Waals surface area contributed by atoms with Crippen molar-refractivity contribution in [2.75, 3.05) is 33.0 Å². The van der Waals surface area contributed by atoms with Crippen molar-refractivity contribution in [3.63, 3.8) is 0 Å². The molecule has 0 aromatic heterocycles. The van der Waals surface area contributed by atoms with Crippen LogP contribution in [0.3, 0.4) is 0 Å². The molecule has 78 heavy (non-hydrogen) atoms. The van der Waals surface area contributed by atoms with E-state index in [2.05, 4.69) is 54.5 Å². The predicted molar refractivity (Wildman–Crippen MR) is 265 cm³/mol. The first-order valence-electron chi connectivity index (χ1n) is 28.0. The highest BCUT2D eigenvalue weighted by molar-refractivity contribution is 5.36. The first-order chi connectivity index (χ1) is 36.5. The smallest absolute Gasteiger partial charge is 0.187 e. The van der Waals surface area contributed by atoms with Crippen LogP contribution in [0.1, 0.15) is 99.8 Å². The highest BCUT2D eigenvalue weighted by Crippen LogP contribution is 2.76. The molecule has 4 saturated heterocycles. The molecule has 0 spiro atoms. The largest absolute Gasteiger partial charge is 0.394 e. The van der Waals surface area contributed by atoms with Gasteiger partial charge in [0.05, 0.1) is 56.8 Å². The van der Waals surface area contributed by atoms with Crippen molar-refractivity contribution < 1.29 is 120 Å². The highest BCUT2D eigenvalue weighted by atomic mass is 16.8. The van der Waals surface area contributed by atoms with Gasteiger partial charge < -0.3 is 120 Å². The van der Waals surface area contributed by atoms with Crippen LogP contribution in [0, 0.1) is 50.2 Å². The van der Waals surface area contributed by atoms with Crippen LogP contribution in [0.15, 0.2) is 11.6 Å². The third kappa shape index (κ3) is 9.80. The first kappa shape index (κ1) is 61.3. The van der Waals surface area contributed by atoms with E-state index < -0.39 is 184 Å². The summed E-state index contributed by atoms with van der Waals surface area (Å²) in [6.45, 7) is 12.1. The molecule has 9 aliphatic rings. The summed E-state index contributed by atoms with van der Waals surface area (Å²) in [6, 6.07) is 0. The number of aliphatic hydroxyl groups is 16. The molecule has 5 aliphatic carbocycles. The fraction of sp³-hybridized carbons (Fsp3) is 0.963. The van der Waals surface area contributed by atoms with E-state index in [-0.39, 0.29) is 40.6 Å². The van der Waals surface area contributed by atoms with Gasteiger partial charge in [-0.25, -0.2) is 0 Å². The molecule has 24 nitrogen and oxygen atoms in total. The summed E-state index contributed by atoms with van der Waals surface area (Å²) in [4.78, 5) is 0. The number of aliphatic hydroxyl groups excluding tert-OH is 16. The molecule has 0 amide bonds. The van der Waals surface area contributed by atoms with E-state index in [4.69, 9.17) is 37.9 Å². The number of fused-ring (bicyclic) bond motifs is 7. The van der Waals surface area contributed by atoms with E-state index in [1.165, 1.54) is 0 Å². The standard InChI is InChI=1S/C54H90O24/c1-49(2)14-23-22-8-9-29-51(5)12-11-32(50(3,4)28(51)10-13-52(29,6)53(22,7)16-31(60)54(23,30(59)15-49)21-71-45-41(69)37(65)33(61)24(17-55)72-45)76-47-43(39(67)35(63)26(19-57)74-47)78-48-44(40(68)36(64)27(20-58)75-48)77-46-42(70)38(66)34(62)25(18-56)73-46/h8,23-48,55-70H,9-21H2,1-7H3. The van der Waals surface area contributed by atoms with Crippen LogP contribution >= 0.6 is 0 Å². The molecular formula is C54H90O24. The van der Waals surface area contributed by atoms with Crippen LogP contribution in [0.5, 0.6) is 0 Å². The number of rotatable bonds is 13. The zero-order valence-electron chi connectivity index (χ0n) is 45.7. The summed E-state index contributed by atoms with van der Waals surface area (Å²) in [5, 5.41) is 174. The van der Waals surface area contributed by atoms with E-state index >= 15 is 0 Å². The van der Waals surface area contributed by atoms with Crippen molar-refractivity contribution in [3.8, 4) is 0 Å². The minimum absolute atomic E-state index is 0.0161. The third-order valence-corrected chi connectivity index (χ3v) is 21.6. The van der Waals surface area contributed by atoms with Gasteiger partial charge >= 0.3 is 0 Å². The van der Waals surface area contributed by atoms with E-state index in [0.29, 0.717) is 38.5 Å². The van der Waals surface area contributed by atoms with Gasteiger partial charge in [0.25, 0.3) is 0 Å². The fourth-order valence-corrected chi connectivity index (χ4v) is 16.8. The average molecular weight is 1120 g/mol. The lowest BCUT2D eigenvalue weighted by molar-refractivity contribution is -0.398. The van der Waals surface area contributed by atoms with Crippen molar-refractivity contribution in [2.24, 2.45) is 50.2 Å². The van der Waals surface area contributed by atoms with Gasteiger partial charge in [-0.05, 0) is 96.2 Å². The van der Waals surface area contributed by atoms with Gasteiger partial charge in [-0.2, -0.15) is 0 Å². The zero-order chi connectivity index (χ0) is 57.1. The van der Waals surface area contributed by atoms with Crippen molar-refractivity contribution in [2.45, 2.75) is 241 Å². The molecular weight excluding hydrogens is 1030 g/mol. The Kier molecular flexibility index (Phi) is 17.6. The Hall–Kier alpha value is -1.22. The van der Waals surface area contributed by atoms with Crippen molar-refractivity contribution in [3.05, 3.63) is 11.6 Å². The molecule has 9 rings (SSSR count). The topological polar surface area (TPSA) is 398 Å². The average Bonchev–Trinajstić information content (AvgIpc) is 2.29. The molecule has 0 aromatic carbocycles. The Morgan fingerprint density at radius 3 is 1.49 bits per heavy atom. The second-order valence-electron chi connectivity index (χ2n) is 26.6. The predicted octanol–water partition coefficient (Wildman–Crippen LogP) is -3.62. The summed E-state index contributed by atoms with van der Waals surface area (Å²) >= 11 is 0. The quantitative estimate of drug-likeness (QED) is 0.0625. The zero-order valence-corrected chi connectivity index (χ0v) is 45.7. The molecule has 4 heterocycles. The Bertz CT molecular complexity index is 2100. The number of hydrogen-bond acceptors (Lipinski definition) is 24. The van der Waals surface area contributed by atoms with E-state index in [1.54, 1.807) is 0 Å². The van der Waals surface area contributed by atoms with Gasteiger partial charge in [0.2, 0.25) is 0 Å². The maximum atomic E-state index is 12.8.